The van der Waals surface area contributed by atoms with Crippen LogP contribution >= 0.6 is 0 Å². The highest BCUT2D eigenvalue weighted by Gasteiger charge is 2.24. The van der Waals surface area contributed by atoms with Crippen LogP contribution < -0.4 is 5.32 Å². The third-order valence-corrected chi connectivity index (χ3v) is 7.57. The molecular weight excluding hydrogens is 522 g/mol. The van der Waals surface area contributed by atoms with E-state index in [1.54, 1.807) is 11.4 Å². The summed E-state index contributed by atoms with van der Waals surface area (Å²) < 4.78 is 34.2. The predicted molar refractivity (Wildman–Crippen MR) is 172 cm³/mol. The molecule has 7 nitrogen and oxygen atoms in total. The van der Waals surface area contributed by atoms with Gasteiger partial charge in [0.1, 0.15) is 0 Å². The van der Waals surface area contributed by atoms with Crippen LogP contribution in [0.15, 0.2) is 48.5 Å². The number of nitrogens with zero attached hydrogens (tertiary/aromatic N) is 2. The monoisotopic (exact) mass is 579 g/mol. The van der Waals surface area contributed by atoms with E-state index in [9.17, 15) is 8.42 Å². The Morgan fingerprint density at radius 2 is 1.30 bits per heavy atom. The van der Waals surface area contributed by atoms with Crippen molar-refractivity contribution in [1.82, 2.24) is 9.21 Å². The van der Waals surface area contributed by atoms with Gasteiger partial charge in [0.2, 0.25) is 10.0 Å². The Kier molecular flexibility index (Phi) is 21.6. The molecule has 230 valence electrons. The standard InChI is InChI=1S/C13H20N2O2S.C12H17NO.C3H8O.2C2H6/c1-11-3-5-12(6-4-11)14-13-7-9-15(10-8-13)18(2,16)17;1-11-2-4-12(5-3-11)10-13-6-8-14-9-7-13;1-3-4-2;2*1-2/h3-6,13-14H,7-10H2,1-2H3;2-5H,6-10H2,1H3;3H2,1-2H3;2*1-2H3. The summed E-state index contributed by atoms with van der Waals surface area (Å²) in [7, 11) is -1.34. The van der Waals surface area contributed by atoms with E-state index < -0.39 is 10.0 Å². The summed E-state index contributed by atoms with van der Waals surface area (Å²) in [5.41, 5.74) is 5.08. The van der Waals surface area contributed by atoms with E-state index in [0.29, 0.717) is 19.1 Å². The number of rotatable bonds is 6. The zero-order chi connectivity index (χ0) is 30.4. The van der Waals surface area contributed by atoms with Crippen LogP contribution in [0.1, 0.15) is 64.2 Å². The molecule has 2 aromatic carbocycles. The zero-order valence-corrected chi connectivity index (χ0v) is 27.5. The molecule has 0 spiro atoms. The lowest BCUT2D eigenvalue weighted by Gasteiger charge is -2.31. The number of anilines is 1. The maximum absolute atomic E-state index is 11.4. The summed E-state index contributed by atoms with van der Waals surface area (Å²) in [6, 6.07) is 17.4. The number of morpholine rings is 1. The van der Waals surface area contributed by atoms with E-state index in [2.05, 4.69) is 77.3 Å². The van der Waals surface area contributed by atoms with Crippen molar-refractivity contribution in [2.75, 3.05) is 64.7 Å². The van der Waals surface area contributed by atoms with Gasteiger partial charge in [-0.1, -0.05) is 75.2 Å². The van der Waals surface area contributed by atoms with Gasteiger partial charge >= 0.3 is 0 Å². The first-order chi connectivity index (χ1) is 19.2. The predicted octanol–water partition coefficient (Wildman–Crippen LogP) is 6.36. The Morgan fingerprint density at radius 3 is 1.73 bits per heavy atom. The largest absolute Gasteiger partial charge is 0.385 e. The van der Waals surface area contributed by atoms with Crippen molar-refractivity contribution < 1.29 is 17.9 Å². The van der Waals surface area contributed by atoms with Crippen molar-refractivity contribution in [3.63, 3.8) is 0 Å². The lowest BCUT2D eigenvalue weighted by molar-refractivity contribution is 0.0342. The molecule has 0 atom stereocenters. The highest BCUT2D eigenvalue weighted by Crippen LogP contribution is 2.18. The quantitative estimate of drug-likeness (QED) is 0.429. The van der Waals surface area contributed by atoms with Crippen molar-refractivity contribution in [3.05, 3.63) is 65.2 Å². The van der Waals surface area contributed by atoms with Gasteiger partial charge in [0.25, 0.3) is 0 Å². The summed E-state index contributed by atoms with van der Waals surface area (Å²) >= 11 is 0. The van der Waals surface area contributed by atoms with Gasteiger partial charge in [-0.3, -0.25) is 4.90 Å². The number of piperidine rings is 1. The summed E-state index contributed by atoms with van der Waals surface area (Å²) in [4.78, 5) is 2.44. The second-order valence-corrected chi connectivity index (χ2v) is 11.4. The number of benzene rings is 2. The molecule has 0 radical (unpaired) electrons. The lowest BCUT2D eigenvalue weighted by atomic mass is 10.1. The van der Waals surface area contributed by atoms with Crippen molar-refractivity contribution in [2.45, 2.75) is 73.9 Å². The van der Waals surface area contributed by atoms with Gasteiger partial charge in [0.05, 0.1) is 19.5 Å². The first-order valence-corrected chi connectivity index (χ1v) is 16.7. The fraction of sp³-hybridized carbons (Fsp3) is 0.625. The molecule has 2 heterocycles. The van der Waals surface area contributed by atoms with Crippen molar-refractivity contribution >= 4 is 15.7 Å². The van der Waals surface area contributed by atoms with E-state index >= 15 is 0 Å². The van der Waals surface area contributed by atoms with Gasteiger partial charge in [-0.2, -0.15) is 0 Å². The third kappa shape index (κ3) is 17.0. The van der Waals surface area contributed by atoms with Crippen LogP contribution in [0, 0.1) is 13.8 Å². The van der Waals surface area contributed by atoms with Crippen LogP contribution in [0.4, 0.5) is 5.69 Å². The normalized spacial score (nSPS) is 15.9. The molecule has 0 unspecified atom stereocenters. The maximum atomic E-state index is 11.4. The van der Waals surface area contributed by atoms with Crippen LogP contribution in [-0.2, 0) is 26.0 Å². The van der Waals surface area contributed by atoms with E-state index in [1.807, 2.05) is 34.6 Å². The number of hydrogen-bond acceptors (Lipinski definition) is 6. The lowest BCUT2D eigenvalue weighted by Crippen LogP contribution is -2.41. The van der Waals surface area contributed by atoms with Crippen molar-refractivity contribution in [2.24, 2.45) is 0 Å². The fourth-order valence-electron chi connectivity index (χ4n) is 3.93. The first-order valence-electron chi connectivity index (χ1n) is 14.8. The summed E-state index contributed by atoms with van der Waals surface area (Å²) in [6.45, 7) is 21.1. The van der Waals surface area contributed by atoms with E-state index in [1.165, 1.54) is 22.9 Å². The van der Waals surface area contributed by atoms with Crippen molar-refractivity contribution in [3.8, 4) is 0 Å². The highest BCUT2D eigenvalue weighted by molar-refractivity contribution is 7.88. The van der Waals surface area contributed by atoms with E-state index in [-0.39, 0.29) is 0 Å². The molecule has 0 amide bonds. The molecule has 2 aromatic rings. The average molecular weight is 580 g/mol. The number of aryl methyl sites for hydroxylation is 2. The number of sulfonamides is 1. The Balaban J connectivity index is 0.000000615. The molecule has 2 saturated heterocycles. The maximum Gasteiger partial charge on any atom is 0.211 e. The molecule has 0 saturated carbocycles. The van der Waals surface area contributed by atoms with Crippen LogP contribution in [0.3, 0.4) is 0 Å². The molecule has 8 heteroatoms. The minimum atomic E-state index is -3.02. The molecular formula is C32H57N3O4S. The molecule has 2 aliphatic heterocycles. The van der Waals surface area contributed by atoms with Gasteiger partial charge in [-0.15, -0.1) is 0 Å². The van der Waals surface area contributed by atoms with Gasteiger partial charge in [-0.25, -0.2) is 12.7 Å². The average Bonchev–Trinajstić information content (AvgIpc) is 2.98. The topological polar surface area (TPSA) is 71.1 Å². The number of nitrogens with one attached hydrogen (secondary N) is 1. The molecule has 0 bridgehead atoms. The van der Waals surface area contributed by atoms with Crippen LogP contribution in [-0.4, -0.2) is 83.0 Å². The Bertz CT molecular complexity index is 951. The Labute approximate surface area is 246 Å². The summed E-state index contributed by atoms with van der Waals surface area (Å²) in [6.07, 6.45) is 3.00. The molecule has 2 fully saturated rings. The highest BCUT2D eigenvalue weighted by atomic mass is 32.2. The van der Waals surface area contributed by atoms with E-state index in [0.717, 1.165) is 58.0 Å². The Hall–Kier alpha value is -1.97. The Morgan fingerprint density at radius 1 is 0.850 bits per heavy atom. The summed E-state index contributed by atoms with van der Waals surface area (Å²) in [5.74, 6) is 0. The van der Waals surface area contributed by atoms with Crippen molar-refractivity contribution in [1.29, 1.82) is 0 Å². The van der Waals surface area contributed by atoms with Gasteiger partial charge < -0.3 is 14.8 Å². The minimum Gasteiger partial charge on any atom is -0.385 e. The molecule has 1 N–H and O–H groups in total. The zero-order valence-electron chi connectivity index (χ0n) is 26.7. The van der Waals surface area contributed by atoms with Crippen LogP contribution in [0.25, 0.3) is 0 Å². The fourth-order valence-corrected chi connectivity index (χ4v) is 4.80. The first kappa shape index (κ1) is 38.0. The van der Waals surface area contributed by atoms with E-state index in [4.69, 9.17) is 4.74 Å². The smallest absolute Gasteiger partial charge is 0.211 e. The number of ether oxygens (including phenoxy) is 2. The van der Waals surface area contributed by atoms with Gasteiger partial charge in [0.15, 0.2) is 0 Å². The molecule has 0 aromatic heterocycles. The number of methoxy groups -OCH3 is 1. The molecule has 2 aliphatic rings. The molecule has 0 aliphatic carbocycles. The number of hydrogen-bond donors (Lipinski definition) is 1. The molecule has 4 rings (SSSR count). The van der Waals surface area contributed by atoms with Crippen LogP contribution in [0.2, 0.25) is 0 Å². The van der Waals surface area contributed by atoms with Gasteiger partial charge in [-0.05, 0) is 51.3 Å². The van der Waals surface area contributed by atoms with Crippen LogP contribution in [0.5, 0.6) is 0 Å². The van der Waals surface area contributed by atoms with Gasteiger partial charge in [0, 0.05) is 58.2 Å². The third-order valence-electron chi connectivity index (χ3n) is 6.26. The minimum absolute atomic E-state index is 0.366. The molecule has 40 heavy (non-hydrogen) atoms. The summed E-state index contributed by atoms with van der Waals surface area (Å²) in [5, 5.41) is 3.46. The second kappa shape index (κ2) is 22.7. The SMILES string of the molecule is CC.CC.CCOC.Cc1ccc(CN2CCOCC2)cc1.Cc1ccc(NC2CCN(S(C)(=O)=O)CC2)cc1. The second-order valence-electron chi connectivity index (χ2n) is 9.40.